The summed E-state index contributed by atoms with van der Waals surface area (Å²) in [6, 6.07) is 7.88. The van der Waals surface area contributed by atoms with Crippen LogP contribution in [-0.2, 0) is 11.3 Å². The number of anilines is 3. The first-order chi connectivity index (χ1) is 10.2. The lowest BCUT2D eigenvalue weighted by molar-refractivity contribution is 0.185. The largest absolute Gasteiger partial charge is 0.380 e. The topological polar surface area (TPSA) is 59.1 Å². The van der Waals surface area contributed by atoms with Gasteiger partial charge in [-0.2, -0.15) is 4.98 Å². The number of nitrogens with one attached hydrogen (secondary N) is 2. The summed E-state index contributed by atoms with van der Waals surface area (Å²) >= 11 is 6.16. The van der Waals surface area contributed by atoms with Gasteiger partial charge in [0.2, 0.25) is 5.95 Å². The Morgan fingerprint density at radius 1 is 1.29 bits per heavy atom. The van der Waals surface area contributed by atoms with E-state index in [2.05, 4.69) is 27.5 Å². The number of methoxy groups -OCH3 is 1. The quantitative estimate of drug-likeness (QED) is 0.814. The van der Waals surface area contributed by atoms with E-state index < -0.39 is 0 Å². The molecule has 0 aliphatic carbocycles. The lowest BCUT2D eigenvalue weighted by Crippen LogP contribution is -2.06. The number of rotatable bonds is 7. The van der Waals surface area contributed by atoms with Gasteiger partial charge in [-0.1, -0.05) is 36.7 Å². The highest BCUT2D eigenvalue weighted by molar-refractivity contribution is 6.32. The van der Waals surface area contributed by atoms with E-state index >= 15 is 0 Å². The summed E-state index contributed by atoms with van der Waals surface area (Å²) in [6.07, 6.45) is 2.60. The molecule has 0 aliphatic heterocycles. The Kier molecular flexibility index (Phi) is 5.78. The summed E-state index contributed by atoms with van der Waals surface area (Å²) in [6.45, 7) is 3.43. The fourth-order valence-electron chi connectivity index (χ4n) is 1.83. The summed E-state index contributed by atoms with van der Waals surface area (Å²) in [5.74, 6) is 1.14. The van der Waals surface area contributed by atoms with Crippen LogP contribution >= 0.6 is 11.6 Å². The first kappa shape index (κ1) is 15.5. The van der Waals surface area contributed by atoms with E-state index in [0.717, 1.165) is 24.2 Å². The summed E-state index contributed by atoms with van der Waals surface area (Å²) in [5, 5.41) is 6.86. The zero-order valence-corrected chi connectivity index (χ0v) is 12.9. The van der Waals surface area contributed by atoms with Crippen LogP contribution in [0.2, 0.25) is 5.02 Å². The fourth-order valence-corrected chi connectivity index (χ4v) is 1.97. The van der Waals surface area contributed by atoms with Crippen molar-refractivity contribution >= 4 is 29.1 Å². The third kappa shape index (κ3) is 4.31. The molecule has 0 fully saturated rings. The Hall–Kier alpha value is -1.85. The van der Waals surface area contributed by atoms with Crippen LogP contribution in [0.25, 0.3) is 0 Å². The van der Waals surface area contributed by atoms with E-state index in [1.54, 1.807) is 13.3 Å². The van der Waals surface area contributed by atoms with Gasteiger partial charge in [-0.15, -0.1) is 0 Å². The number of hydrogen-bond acceptors (Lipinski definition) is 5. The van der Waals surface area contributed by atoms with Crippen molar-refractivity contribution in [2.45, 2.75) is 20.0 Å². The summed E-state index contributed by atoms with van der Waals surface area (Å²) in [7, 11) is 1.67. The van der Waals surface area contributed by atoms with Gasteiger partial charge in [0.25, 0.3) is 0 Å². The second kappa shape index (κ2) is 7.81. The molecule has 2 rings (SSSR count). The molecule has 0 bridgehead atoms. The normalized spacial score (nSPS) is 10.4. The van der Waals surface area contributed by atoms with Crippen LogP contribution in [0.4, 0.5) is 17.5 Å². The highest BCUT2D eigenvalue weighted by Gasteiger charge is 2.08. The molecule has 6 heteroatoms. The summed E-state index contributed by atoms with van der Waals surface area (Å²) < 4.78 is 5.20. The molecule has 5 nitrogen and oxygen atoms in total. The Labute approximate surface area is 129 Å². The first-order valence-electron chi connectivity index (χ1n) is 6.85. The smallest absolute Gasteiger partial charge is 0.224 e. The second-order valence-corrected chi connectivity index (χ2v) is 4.94. The van der Waals surface area contributed by atoms with Crippen molar-refractivity contribution in [1.82, 2.24) is 9.97 Å². The average molecular weight is 307 g/mol. The number of hydrogen-bond donors (Lipinski definition) is 2. The Balaban J connectivity index is 2.22. The first-order valence-corrected chi connectivity index (χ1v) is 7.22. The standard InChI is InChI=1S/C15H19ClN4O/c1-3-8-17-15-18-9-12(16)14(20-15)19-13-7-5-4-6-11(13)10-21-2/h4-7,9H,3,8,10H2,1-2H3,(H2,17,18,19,20). The van der Waals surface area contributed by atoms with Crippen molar-refractivity contribution in [3.63, 3.8) is 0 Å². The Morgan fingerprint density at radius 2 is 2.10 bits per heavy atom. The number of benzene rings is 1. The van der Waals surface area contributed by atoms with E-state index in [4.69, 9.17) is 16.3 Å². The maximum Gasteiger partial charge on any atom is 0.224 e. The third-order valence-corrected chi connectivity index (χ3v) is 3.12. The Morgan fingerprint density at radius 3 is 2.86 bits per heavy atom. The van der Waals surface area contributed by atoms with Gasteiger partial charge in [-0.25, -0.2) is 4.98 Å². The maximum atomic E-state index is 6.16. The third-order valence-electron chi connectivity index (χ3n) is 2.85. The summed E-state index contributed by atoms with van der Waals surface area (Å²) in [5.41, 5.74) is 1.96. The van der Waals surface area contributed by atoms with E-state index in [9.17, 15) is 0 Å². The van der Waals surface area contributed by atoms with Gasteiger partial charge >= 0.3 is 0 Å². The molecule has 0 radical (unpaired) electrons. The molecule has 0 amide bonds. The molecule has 0 aliphatic rings. The minimum atomic E-state index is 0.476. The van der Waals surface area contributed by atoms with Gasteiger partial charge in [-0.3, -0.25) is 0 Å². The Bertz CT molecular complexity index is 592. The van der Waals surface area contributed by atoms with Crippen molar-refractivity contribution in [3.8, 4) is 0 Å². The zero-order chi connectivity index (χ0) is 15.1. The molecule has 2 N–H and O–H groups in total. The van der Waals surface area contributed by atoms with Crippen molar-refractivity contribution in [2.24, 2.45) is 0 Å². The lowest BCUT2D eigenvalue weighted by atomic mass is 10.2. The molecular weight excluding hydrogens is 288 g/mol. The minimum Gasteiger partial charge on any atom is -0.380 e. The number of aromatic nitrogens is 2. The van der Waals surface area contributed by atoms with Crippen molar-refractivity contribution in [1.29, 1.82) is 0 Å². The average Bonchev–Trinajstić information content (AvgIpc) is 2.50. The minimum absolute atomic E-state index is 0.476. The predicted octanol–water partition coefficient (Wildman–Crippen LogP) is 3.84. The van der Waals surface area contributed by atoms with Crippen molar-refractivity contribution < 1.29 is 4.74 Å². The molecule has 0 saturated carbocycles. The van der Waals surface area contributed by atoms with Gasteiger partial charge in [0.15, 0.2) is 5.82 Å². The highest BCUT2D eigenvalue weighted by Crippen LogP contribution is 2.26. The SMILES string of the molecule is CCCNc1ncc(Cl)c(Nc2ccccc2COC)n1. The fraction of sp³-hybridized carbons (Fsp3) is 0.333. The number of halogens is 1. The predicted molar refractivity (Wildman–Crippen MR) is 86.3 cm³/mol. The van der Waals surface area contributed by atoms with Gasteiger partial charge in [-0.05, 0) is 12.5 Å². The molecule has 1 aromatic heterocycles. The zero-order valence-electron chi connectivity index (χ0n) is 12.2. The molecule has 112 valence electrons. The van der Waals surface area contributed by atoms with Gasteiger partial charge in [0.05, 0.1) is 12.8 Å². The number of ether oxygens (including phenoxy) is 1. The van der Waals surface area contributed by atoms with Crippen LogP contribution in [0.3, 0.4) is 0 Å². The number of nitrogens with zero attached hydrogens (tertiary/aromatic N) is 2. The molecule has 1 heterocycles. The van der Waals surface area contributed by atoms with Crippen LogP contribution in [0.15, 0.2) is 30.5 Å². The molecule has 0 saturated heterocycles. The van der Waals surface area contributed by atoms with E-state index in [0.29, 0.717) is 23.4 Å². The maximum absolute atomic E-state index is 6.16. The molecule has 1 aromatic carbocycles. The molecule has 0 atom stereocenters. The van der Waals surface area contributed by atoms with Crippen molar-refractivity contribution in [2.75, 3.05) is 24.3 Å². The second-order valence-electron chi connectivity index (χ2n) is 4.53. The van der Waals surface area contributed by atoms with Crippen molar-refractivity contribution in [3.05, 3.63) is 41.0 Å². The van der Waals surface area contributed by atoms with Crippen LogP contribution in [-0.4, -0.2) is 23.6 Å². The monoisotopic (exact) mass is 306 g/mol. The molecule has 0 unspecified atom stereocenters. The molecule has 21 heavy (non-hydrogen) atoms. The lowest BCUT2D eigenvalue weighted by Gasteiger charge is -2.13. The van der Waals surface area contributed by atoms with Crippen LogP contribution in [0.1, 0.15) is 18.9 Å². The molecule has 2 aromatic rings. The van der Waals surface area contributed by atoms with Crippen LogP contribution in [0, 0.1) is 0 Å². The van der Waals surface area contributed by atoms with Crippen LogP contribution in [0.5, 0.6) is 0 Å². The summed E-state index contributed by atoms with van der Waals surface area (Å²) in [4.78, 5) is 8.56. The molecule has 0 spiro atoms. The number of para-hydroxylation sites is 1. The van der Waals surface area contributed by atoms with Crippen LogP contribution < -0.4 is 10.6 Å². The van der Waals surface area contributed by atoms with E-state index in [-0.39, 0.29) is 0 Å². The van der Waals surface area contributed by atoms with Gasteiger partial charge < -0.3 is 15.4 Å². The van der Waals surface area contributed by atoms with E-state index in [1.807, 2.05) is 24.3 Å². The van der Waals surface area contributed by atoms with E-state index in [1.165, 1.54) is 0 Å². The highest BCUT2D eigenvalue weighted by atomic mass is 35.5. The molecular formula is C15H19ClN4O. The van der Waals surface area contributed by atoms with Gasteiger partial charge in [0.1, 0.15) is 5.02 Å². The van der Waals surface area contributed by atoms with Gasteiger partial charge in [0, 0.05) is 24.9 Å².